The number of amides is 1. The highest BCUT2D eigenvalue weighted by Crippen LogP contribution is 2.17. The third-order valence-corrected chi connectivity index (χ3v) is 5.33. The Morgan fingerprint density at radius 2 is 1.85 bits per heavy atom. The smallest absolute Gasteiger partial charge is 0.222 e. The molecule has 0 fully saturated rings. The van der Waals surface area contributed by atoms with Crippen LogP contribution in [0.2, 0.25) is 0 Å². The second kappa shape index (κ2) is 14.1. The van der Waals surface area contributed by atoms with E-state index in [1.807, 2.05) is 20.8 Å². The Kier molecular flexibility index (Phi) is 13.6. The van der Waals surface area contributed by atoms with Crippen LogP contribution >= 0.6 is 0 Å². The zero-order valence-electron chi connectivity index (χ0n) is 17.3. The molecule has 2 atom stereocenters. The average molecular weight is 393 g/mol. The van der Waals surface area contributed by atoms with Crippen LogP contribution in [-0.4, -0.2) is 68.2 Å². The van der Waals surface area contributed by atoms with Gasteiger partial charge in [0.05, 0.1) is 20.8 Å². The monoisotopic (exact) mass is 392 g/mol. The van der Waals surface area contributed by atoms with E-state index in [-0.39, 0.29) is 17.3 Å². The number of ether oxygens (including phenoxy) is 3. The molecule has 0 saturated carbocycles. The van der Waals surface area contributed by atoms with Gasteiger partial charge in [0.25, 0.3) is 0 Å². The Hall–Kier alpha value is -0.960. The van der Waals surface area contributed by atoms with Crippen molar-refractivity contribution in [1.29, 1.82) is 0 Å². The number of hydrogen-bond donors (Lipinski definition) is 1. The molecule has 8 heteroatoms. The third-order valence-electron chi connectivity index (χ3n) is 3.99. The van der Waals surface area contributed by atoms with Crippen molar-refractivity contribution < 1.29 is 23.6 Å². The van der Waals surface area contributed by atoms with Gasteiger partial charge in [-0.15, -0.1) is 4.72 Å². The topological polar surface area (TPSA) is 83.1 Å². The maximum Gasteiger partial charge on any atom is 0.222 e. The lowest BCUT2D eigenvalue weighted by Crippen LogP contribution is -2.32. The van der Waals surface area contributed by atoms with Crippen molar-refractivity contribution >= 4 is 17.3 Å². The maximum atomic E-state index is 12.3. The molecule has 154 valence electrons. The van der Waals surface area contributed by atoms with E-state index in [1.54, 1.807) is 33.3 Å². The van der Waals surface area contributed by atoms with E-state index >= 15 is 0 Å². The first kappa shape index (κ1) is 25.0. The quantitative estimate of drug-likeness (QED) is 0.277. The molecule has 0 radical (unpaired) electrons. The van der Waals surface area contributed by atoms with Gasteiger partial charge in [0.2, 0.25) is 5.91 Å². The summed E-state index contributed by atoms with van der Waals surface area (Å²) in [6.07, 6.45) is 2.52. The van der Waals surface area contributed by atoms with E-state index in [2.05, 4.69) is 4.72 Å². The van der Waals surface area contributed by atoms with Crippen molar-refractivity contribution in [2.45, 2.75) is 57.8 Å². The van der Waals surface area contributed by atoms with E-state index in [4.69, 9.17) is 14.2 Å². The molecule has 7 nitrogen and oxygen atoms in total. The largest absolute Gasteiger partial charge is 0.598 e. The second-order valence-electron chi connectivity index (χ2n) is 6.28. The highest BCUT2D eigenvalue weighted by atomic mass is 32.2. The molecule has 0 spiro atoms. The number of unbranched alkanes of at least 4 members (excludes halogenated alkanes) is 1. The lowest BCUT2D eigenvalue weighted by Gasteiger charge is -2.23. The van der Waals surface area contributed by atoms with Crippen molar-refractivity contribution in [1.82, 2.24) is 9.62 Å². The zero-order chi connectivity index (χ0) is 20.1. The zero-order valence-corrected chi connectivity index (χ0v) is 18.1. The van der Waals surface area contributed by atoms with Gasteiger partial charge in [-0.25, -0.2) is 0 Å². The van der Waals surface area contributed by atoms with Crippen molar-refractivity contribution in [3.05, 3.63) is 11.5 Å². The van der Waals surface area contributed by atoms with Gasteiger partial charge >= 0.3 is 0 Å². The summed E-state index contributed by atoms with van der Waals surface area (Å²) < 4.78 is 30.8. The minimum Gasteiger partial charge on any atom is -0.598 e. The standard InChI is InChI=1S/C18H36N2O5S/c1-8-15(23-5)18(25-7)16(24-6)13-20(4)17(21)11-9-10-12-19-26(22)14(2)3/h14-15,19H,8-13H2,1-7H3/b18-16-. The molecule has 0 aromatic heterocycles. The molecule has 0 rings (SSSR count). The van der Waals surface area contributed by atoms with Gasteiger partial charge < -0.3 is 23.7 Å². The number of nitrogens with zero attached hydrogens (tertiary/aromatic N) is 1. The normalized spacial score (nSPS) is 14.7. The van der Waals surface area contributed by atoms with E-state index in [0.29, 0.717) is 31.0 Å². The lowest BCUT2D eigenvalue weighted by atomic mass is 10.2. The Balaban J connectivity index is 4.49. The fraction of sp³-hybridized carbons (Fsp3) is 0.833. The number of rotatable bonds is 14. The Morgan fingerprint density at radius 3 is 2.31 bits per heavy atom. The van der Waals surface area contributed by atoms with Crippen LogP contribution in [0.25, 0.3) is 0 Å². The first-order valence-corrected chi connectivity index (χ1v) is 10.2. The molecule has 0 heterocycles. The van der Waals surface area contributed by atoms with E-state index in [9.17, 15) is 9.35 Å². The lowest BCUT2D eigenvalue weighted by molar-refractivity contribution is -0.130. The van der Waals surface area contributed by atoms with Crippen LogP contribution in [0, 0.1) is 0 Å². The van der Waals surface area contributed by atoms with E-state index < -0.39 is 11.4 Å². The molecule has 0 aromatic carbocycles. The summed E-state index contributed by atoms with van der Waals surface area (Å²) in [6, 6.07) is 0. The maximum absolute atomic E-state index is 12.3. The number of likely N-dealkylation sites (N-methyl/N-ethyl adjacent to an activating group) is 1. The second-order valence-corrected chi connectivity index (χ2v) is 8.10. The molecule has 0 aliphatic rings. The Labute approximate surface area is 161 Å². The van der Waals surface area contributed by atoms with Crippen LogP contribution < -0.4 is 4.72 Å². The highest BCUT2D eigenvalue weighted by molar-refractivity contribution is 7.90. The summed E-state index contributed by atoms with van der Waals surface area (Å²) in [5, 5.41) is 0.0936. The first-order valence-electron chi connectivity index (χ1n) is 9.04. The van der Waals surface area contributed by atoms with Crippen molar-refractivity contribution in [2.24, 2.45) is 0 Å². The fourth-order valence-electron chi connectivity index (χ4n) is 2.36. The highest BCUT2D eigenvalue weighted by Gasteiger charge is 2.21. The molecule has 2 unspecified atom stereocenters. The first-order chi connectivity index (χ1) is 12.3. The average Bonchev–Trinajstić information content (AvgIpc) is 2.63. The molecule has 0 aliphatic heterocycles. The number of nitrogens with one attached hydrogen (secondary N) is 1. The number of carbonyl (C=O) groups is 1. The van der Waals surface area contributed by atoms with Crippen molar-refractivity contribution in [2.75, 3.05) is 41.5 Å². The predicted octanol–water partition coefficient (Wildman–Crippen LogP) is 2.21. The fourth-order valence-corrected chi connectivity index (χ4v) is 3.04. The molecule has 1 N–H and O–H groups in total. The number of carbonyl (C=O) groups excluding carboxylic acids is 1. The van der Waals surface area contributed by atoms with Crippen LogP contribution in [0.5, 0.6) is 0 Å². The van der Waals surface area contributed by atoms with Crippen LogP contribution in [0.3, 0.4) is 0 Å². The summed E-state index contributed by atoms with van der Waals surface area (Å²) in [4.78, 5) is 13.9. The van der Waals surface area contributed by atoms with Gasteiger partial charge in [-0.05, 0) is 33.1 Å². The van der Waals surface area contributed by atoms with Crippen LogP contribution in [0.15, 0.2) is 11.5 Å². The summed E-state index contributed by atoms with van der Waals surface area (Å²) in [7, 11) is 6.51. The number of methoxy groups -OCH3 is 3. The minimum absolute atomic E-state index is 0.0328. The minimum atomic E-state index is -1.01. The van der Waals surface area contributed by atoms with Gasteiger partial charge in [-0.1, -0.05) is 6.92 Å². The van der Waals surface area contributed by atoms with Gasteiger partial charge in [0, 0.05) is 38.5 Å². The van der Waals surface area contributed by atoms with Crippen LogP contribution in [0.4, 0.5) is 0 Å². The van der Waals surface area contributed by atoms with Crippen LogP contribution in [-0.2, 0) is 30.4 Å². The van der Waals surface area contributed by atoms with Gasteiger partial charge in [0.15, 0.2) is 11.5 Å². The van der Waals surface area contributed by atoms with Crippen molar-refractivity contribution in [3.63, 3.8) is 0 Å². The molecule has 0 saturated heterocycles. The SMILES string of the molecule is CCC(OC)/C(OC)=C(\CN(C)C(=O)CCCCN[S+]([O-])C(C)C)OC. The van der Waals surface area contributed by atoms with E-state index in [1.165, 1.54) is 0 Å². The predicted molar refractivity (Wildman–Crippen MR) is 105 cm³/mol. The molecule has 0 aliphatic carbocycles. The number of hydrogen-bond acceptors (Lipinski definition) is 6. The van der Waals surface area contributed by atoms with Gasteiger partial charge in [-0.2, -0.15) is 0 Å². The molecule has 0 aromatic rings. The molecule has 0 bridgehead atoms. The Bertz CT molecular complexity index is 428. The Morgan fingerprint density at radius 1 is 1.19 bits per heavy atom. The summed E-state index contributed by atoms with van der Waals surface area (Å²) in [5.74, 6) is 1.23. The summed E-state index contributed by atoms with van der Waals surface area (Å²) in [5.41, 5.74) is 0. The van der Waals surface area contributed by atoms with E-state index in [0.717, 1.165) is 19.3 Å². The summed E-state index contributed by atoms with van der Waals surface area (Å²) >= 11 is -1.01. The van der Waals surface area contributed by atoms with Gasteiger partial charge in [-0.3, -0.25) is 4.79 Å². The molecule has 1 amide bonds. The molecular weight excluding hydrogens is 356 g/mol. The van der Waals surface area contributed by atoms with Crippen molar-refractivity contribution in [3.8, 4) is 0 Å². The summed E-state index contributed by atoms with van der Waals surface area (Å²) in [6.45, 7) is 6.78. The third kappa shape index (κ3) is 9.12. The van der Waals surface area contributed by atoms with Gasteiger partial charge in [0.1, 0.15) is 11.4 Å². The molecule has 26 heavy (non-hydrogen) atoms. The molecular formula is C18H36N2O5S. The van der Waals surface area contributed by atoms with Crippen LogP contribution in [0.1, 0.15) is 46.5 Å².